The molecule has 3 rings (SSSR count). The van der Waals surface area contributed by atoms with Crippen LogP contribution < -0.4 is 21.7 Å². The fraction of sp³-hybridized carbons (Fsp3) is 0.250. The van der Waals surface area contributed by atoms with Crippen LogP contribution in [-0.2, 0) is 10.5 Å². The Bertz CT molecular complexity index is 866. The average molecular weight is 494 g/mol. The maximum atomic E-state index is 12.4. The van der Waals surface area contributed by atoms with Gasteiger partial charge in [0.2, 0.25) is 5.91 Å². The molecule has 3 atom stereocenters. The quantitative estimate of drug-likeness (QED) is 0.509. The summed E-state index contributed by atoms with van der Waals surface area (Å²) < 4.78 is 5.59. The molecule has 1 aliphatic rings. The Balaban J connectivity index is 1.55. The summed E-state index contributed by atoms with van der Waals surface area (Å²) in [5.74, 6) is -0.246. The number of furan rings is 1. The van der Waals surface area contributed by atoms with Crippen molar-refractivity contribution in [2.75, 3.05) is 0 Å². The lowest BCUT2D eigenvalue weighted by Crippen LogP contribution is -2.70. The van der Waals surface area contributed by atoms with Crippen LogP contribution in [0.1, 0.15) is 16.1 Å². The van der Waals surface area contributed by atoms with Crippen LogP contribution in [0.2, 0.25) is 10.0 Å². The Labute approximate surface area is 177 Å². The summed E-state index contributed by atoms with van der Waals surface area (Å²) in [5.41, 5.74) is 6.57. The maximum absolute atomic E-state index is 12.4. The van der Waals surface area contributed by atoms with E-state index in [4.69, 9.17) is 33.4 Å². The molecule has 27 heavy (non-hydrogen) atoms. The first-order valence-corrected chi connectivity index (χ1v) is 10.4. The van der Waals surface area contributed by atoms with Gasteiger partial charge in [-0.1, -0.05) is 29.3 Å². The minimum absolute atomic E-state index is 0.0815. The first kappa shape index (κ1) is 20.5. The van der Waals surface area contributed by atoms with Gasteiger partial charge in [-0.2, -0.15) is 0 Å². The van der Waals surface area contributed by atoms with Crippen molar-refractivity contribution in [2.24, 2.45) is 5.73 Å². The van der Waals surface area contributed by atoms with Gasteiger partial charge in [-0.15, -0.1) is 11.8 Å². The fourth-order valence-corrected chi connectivity index (χ4v) is 4.02. The predicted molar refractivity (Wildman–Crippen MR) is 108 cm³/mol. The van der Waals surface area contributed by atoms with Gasteiger partial charge < -0.3 is 20.8 Å². The molecule has 0 bridgehead atoms. The normalized spacial score (nSPS) is 22.4. The van der Waals surface area contributed by atoms with Gasteiger partial charge in [0.05, 0.1) is 16.2 Å². The van der Waals surface area contributed by atoms with Gasteiger partial charge in [-0.3, -0.25) is 14.9 Å². The lowest BCUT2D eigenvalue weighted by atomic mass is 10.1. The van der Waals surface area contributed by atoms with E-state index in [1.807, 2.05) is 6.07 Å². The van der Waals surface area contributed by atoms with Gasteiger partial charge >= 0.3 is 0 Å². The topological polar surface area (TPSA) is 109 Å². The molecular formula is C16H15BrCl2N4O3S. The number of benzene rings is 1. The Morgan fingerprint density at radius 2 is 2.07 bits per heavy atom. The van der Waals surface area contributed by atoms with Crippen molar-refractivity contribution < 1.29 is 14.0 Å². The molecule has 11 heteroatoms. The van der Waals surface area contributed by atoms with E-state index in [1.54, 1.807) is 18.2 Å². The molecule has 3 unspecified atom stereocenters. The van der Waals surface area contributed by atoms with Gasteiger partial charge in [0.1, 0.15) is 11.5 Å². The number of rotatable bonds is 5. The molecule has 1 fully saturated rings. The molecule has 0 radical (unpaired) electrons. The van der Waals surface area contributed by atoms with E-state index < -0.39 is 23.6 Å². The third-order valence-corrected chi connectivity index (χ3v) is 6.00. The fourth-order valence-electron chi connectivity index (χ4n) is 2.40. The monoisotopic (exact) mass is 492 g/mol. The number of halogens is 3. The number of nitrogens with one attached hydrogen (secondary N) is 3. The minimum atomic E-state index is -0.928. The summed E-state index contributed by atoms with van der Waals surface area (Å²) in [5, 5.41) is 9.34. The van der Waals surface area contributed by atoms with Crippen LogP contribution in [0.3, 0.4) is 0 Å². The van der Waals surface area contributed by atoms with E-state index in [-0.39, 0.29) is 11.7 Å². The second kappa shape index (κ2) is 8.85. The molecule has 144 valence electrons. The first-order chi connectivity index (χ1) is 12.8. The highest BCUT2D eigenvalue weighted by molar-refractivity contribution is 9.10. The lowest BCUT2D eigenvalue weighted by molar-refractivity contribution is -0.125. The lowest BCUT2D eigenvalue weighted by Gasteiger charge is -2.35. The molecule has 2 heterocycles. The van der Waals surface area contributed by atoms with E-state index >= 15 is 0 Å². The number of hydrogen-bond acceptors (Lipinski definition) is 6. The summed E-state index contributed by atoms with van der Waals surface area (Å²) in [4.78, 5) is 24.5. The third kappa shape index (κ3) is 5.18. The molecule has 1 aliphatic heterocycles. The van der Waals surface area contributed by atoms with Crippen molar-refractivity contribution in [2.45, 2.75) is 23.5 Å². The molecule has 1 saturated heterocycles. The van der Waals surface area contributed by atoms with Crippen molar-refractivity contribution in [3.8, 4) is 0 Å². The Morgan fingerprint density at radius 1 is 1.30 bits per heavy atom. The van der Waals surface area contributed by atoms with Crippen LogP contribution in [-0.4, -0.2) is 29.5 Å². The molecule has 5 N–H and O–H groups in total. The van der Waals surface area contributed by atoms with E-state index in [9.17, 15) is 9.59 Å². The van der Waals surface area contributed by atoms with Gasteiger partial charge in [-0.25, -0.2) is 0 Å². The van der Waals surface area contributed by atoms with Gasteiger partial charge in [-0.05, 0) is 45.8 Å². The van der Waals surface area contributed by atoms with Crippen LogP contribution in [0.25, 0.3) is 0 Å². The number of thioether (sulfide) groups is 1. The smallest absolute Gasteiger partial charge is 0.287 e. The van der Waals surface area contributed by atoms with Crippen LogP contribution in [0.5, 0.6) is 0 Å². The van der Waals surface area contributed by atoms with Crippen molar-refractivity contribution in [3.05, 3.63) is 56.4 Å². The molecular weight excluding hydrogens is 479 g/mol. The number of nitrogens with two attached hydrogens (primary N) is 1. The van der Waals surface area contributed by atoms with E-state index in [2.05, 4.69) is 31.9 Å². The highest BCUT2D eigenvalue weighted by Crippen LogP contribution is 2.25. The molecule has 2 amide bonds. The zero-order valence-electron chi connectivity index (χ0n) is 13.7. The highest BCUT2D eigenvalue weighted by atomic mass is 79.9. The summed E-state index contributed by atoms with van der Waals surface area (Å²) in [6, 6.07) is 7.50. The van der Waals surface area contributed by atoms with E-state index in [1.165, 1.54) is 17.8 Å². The zero-order chi connectivity index (χ0) is 19.6. The average Bonchev–Trinajstić information content (AvgIpc) is 3.05. The highest BCUT2D eigenvalue weighted by Gasteiger charge is 2.35. The molecule has 2 aromatic rings. The number of carbonyl (C=O) groups excluding carboxylic acids is 2. The molecule has 0 spiro atoms. The van der Waals surface area contributed by atoms with Crippen molar-refractivity contribution in [1.82, 2.24) is 16.0 Å². The predicted octanol–water partition coefficient (Wildman–Crippen LogP) is 2.67. The molecule has 7 nitrogen and oxygen atoms in total. The zero-order valence-corrected chi connectivity index (χ0v) is 17.6. The van der Waals surface area contributed by atoms with Crippen molar-refractivity contribution >= 4 is 62.7 Å². The van der Waals surface area contributed by atoms with Crippen LogP contribution in [0, 0.1) is 0 Å². The second-order valence-electron chi connectivity index (χ2n) is 5.70. The molecule has 1 aromatic carbocycles. The second-order valence-corrected chi connectivity index (χ2v) is 8.38. The van der Waals surface area contributed by atoms with Crippen molar-refractivity contribution in [3.63, 3.8) is 0 Å². The van der Waals surface area contributed by atoms with Gasteiger partial charge in [0.25, 0.3) is 5.91 Å². The first-order valence-electron chi connectivity index (χ1n) is 7.77. The Morgan fingerprint density at radius 3 is 2.70 bits per heavy atom. The van der Waals surface area contributed by atoms with Gasteiger partial charge in [0.15, 0.2) is 10.4 Å². The summed E-state index contributed by atoms with van der Waals surface area (Å²) in [7, 11) is 0. The largest absolute Gasteiger partial charge is 0.444 e. The minimum Gasteiger partial charge on any atom is -0.444 e. The molecule has 1 aromatic heterocycles. The summed E-state index contributed by atoms with van der Waals surface area (Å²) in [6.07, 6.45) is -0.757. The number of carbonyl (C=O) groups is 2. The molecule has 0 aliphatic carbocycles. The van der Waals surface area contributed by atoms with E-state index in [0.717, 1.165) is 5.56 Å². The summed E-state index contributed by atoms with van der Waals surface area (Å²) >= 11 is 16.5. The third-order valence-electron chi connectivity index (χ3n) is 3.74. The number of amides is 2. The van der Waals surface area contributed by atoms with Crippen molar-refractivity contribution in [1.29, 1.82) is 0 Å². The van der Waals surface area contributed by atoms with Crippen LogP contribution in [0.15, 0.2) is 39.4 Å². The van der Waals surface area contributed by atoms with Crippen LogP contribution in [0.4, 0.5) is 0 Å². The van der Waals surface area contributed by atoms with Crippen LogP contribution >= 0.6 is 50.9 Å². The van der Waals surface area contributed by atoms with E-state index in [0.29, 0.717) is 20.5 Å². The van der Waals surface area contributed by atoms with Gasteiger partial charge in [0, 0.05) is 5.75 Å². The Hall–Kier alpha value is -1.23. The standard InChI is InChI=1S/C16H15BrCl2N4O3S/c17-11-4-3-10(26-11)14(24)21-12-13(20)22-16(23-15(12)25)27-6-7-1-2-8(18)9(19)5-7/h1-5,12-13,16,22H,6,20H2,(H,21,24)(H,23,25). The summed E-state index contributed by atoms with van der Waals surface area (Å²) in [6.45, 7) is 0. The number of hydrogen-bond donors (Lipinski definition) is 4. The Kier molecular flexibility index (Phi) is 6.72. The molecule has 0 saturated carbocycles. The SMILES string of the molecule is NC1NC(SCc2ccc(Cl)c(Cl)c2)NC(=O)C1NC(=O)c1ccc(Br)o1. The maximum Gasteiger partial charge on any atom is 0.287 e.